The fourth-order valence-electron chi connectivity index (χ4n) is 2.61. The molecule has 0 aliphatic carbocycles. The van der Waals surface area contributed by atoms with Crippen molar-refractivity contribution in [2.75, 3.05) is 13.7 Å². The largest absolute Gasteiger partial charge is 0.467 e. The first-order valence-corrected chi connectivity index (χ1v) is 6.51. The molecule has 0 saturated carbocycles. The summed E-state index contributed by atoms with van der Waals surface area (Å²) in [7, 11) is 1.35. The number of hydrogen-bond donors (Lipinski definition) is 0. The summed E-state index contributed by atoms with van der Waals surface area (Å²) in [6.45, 7) is 0.586. The second-order valence-corrected chi connectivity index (χ2v) is 4.82. The Morgan fingerprint density at radius 2 is 2.30 bits per heavy atom. The number of amides is 1. The number of esters is 1. The predicted octanol–water partition coefficient (Wildman–Crippen LogP) is 1.11. The van der Waals surface area contributed by atoms with Gasteiger partial charge < -0.3 is 14.0 Å². The smallest absolute Gasteiger partial charge is 0.328 e. The molecule has 2 aromatic heterocycles. The van der Waals surface area contributed by atoms with Crippen molar-refractivity contribution in [3.05, 3.63) is 36.4 Å². The van der Waals surface area contributed by atoms with Gasteiger partial charge in [-0.15, -0.1) is 0 Å². The summed E-state index contributed by atoms with van der Waals surface area (Å²) in [6.07, 6.45) is 6.64. The maximum atomic E-state index is 12.5. The van der Waals surface area contributed by atoms with Gasteiger partial charge >= 0.3 is 5.97 Å². The first-order valence-electron chi connectivity index (χ1n) is 6.51. The summed E-state index contributed by atoms with van der Waals surface area (Å²) in [5, 5.41) is 0. The topological polar surface area (TPSA) is 63.9 Å². The van der Waals surface area contributed by atoms with Crippen molar-refractivity contribution in [2.24, 2.45) is 0 Å². The maximum Gasteiger partial charge on any atom is 0.328 e. The second kappa shape index (κ2) is 4.96. The van der Waals surface area contributed by atoms with Gasteiger partial charge in [0.15, 0.2) is 0 Å². The number of pyridine rings is 1. The highest BCUT2D eigenvalue weighted by Crippen LogP contribution is 2.21. The lowest BCUT2D eigenvalue weighted by atomic mass is 10.2. The zero-order valence-corrected chi connectivity index (χ0v) is 11.2. The summed E-state index contributed by atoms with van der Waals surface area (Å²) in [5.74, 6) is -0.483. The van der Waals surface area contributed by atoms with E-state index in [2.05, 4.69) is 4.98 Å². The Labute approximate surface area is 116 Å². The number of methoxy groups -OCH3 is 1. The van der Waals surface area contributed by atoms with E-state index in [1.807, 2.05) is 4.40 Å². The van der Waals surface area contributed by atoms with Crippen LogP contribution in [0.3, 0.4) is 0 Å². The van der Waals surface area contributed by atoms with Crippen LogP contribution in [0.1, 0.15) is 23.2 Å². The van der Waals surface area contributed by atoms with Crippen LogP contribution in [0.25, 0.3) is 5.52 Å². The summed E-state index contributed by atoms with van der Waals surface area (Å²) in [6, 6.07) is 3.06. The standard InChI is InChI=1S/C14H15N3O3/c1-20-14(19)12-3-2-5-17(12)13(18)10-4-6-16-9-15-8-11(16)7-10/h4,6-9,12H,2-3,5H2,1H3. The predicted molar refractivity (Wildman–Crippen MR) is 71.3 cm³/mol. The van der Waals surface area contributed by atoms with Crippen molar-refractivity contribution in [3.8, 4) is 0 Å². The normalized spacial score (nSPS) is 18.4. The van der Waals surface area contributed by atoms with Crippen LogP contribution in [-0.4, -0.2) is 45.9 Å². The molecule has 0 spiro atoms. The number of likely N-dealkylation sites (tertiary alicyclic amines) is 1. The molecule has 1 fully saturated rings. The highest BCUT2D eigenvalue weighted by Gasteiger charge is 2.35. The van der Waals surface area contributed by atoms with Gasteiger partial charge in [0.05, 0.1) is 25.2 Å². The molecule has 104 valence electrons. The van der Waals surface area contributed by atoms with E-state index in [0.717, 1.165) is 11.9 Å². The zero-order chi connectivity index (χ0) is 14.1. The average Bonchev–Trinajstić information content (AvgIpc) is 3.13. The molecule has 2 aromatic rings. The Bertz CT molecular complexity index is 664. The van der Waals surface area contributed by atoms with E-state index in [9.17, 15) is 9.59 Å². The van der Waals surface area contributed by atoms with Gasteiger partial charge in [-0.05, 0) is 25.0 Å². The van der Waals surface area contributed by atoms with Gasteiger partial charge in [-0.2, -0.15) is 0 Å². The van der Waals surface area contributed by atoms with E-state index in [1.54, 1.807) is 35.8 Å². The van der Waals surface area contributed by atoms with Gasteiger partial charge in [0.25, 0.3) is 5.91 Å². The van der Waals surface area contributed by atoms with Crippen LogP contribution < -0.4 is 0 Å². The number of hydrogen-bond acceptors (Lipinski definition) is 4. The molecule has 3 heterocycles. The van der Waals surface area contributed by atoms with Crippen molar-refractivity contribution in [1.29, 1.82) is 0 Å². The summed E-state index contributed by atoms with van der Waals surface area (Å²) >= 11 is 0. The number of aromatic nitrogens is 2. The van der Waals surface area contributed by atoms with Crippen LogP contribution in [0, 0.1) is 0 Å². The number of carbonyl (C=O) groups is 2. The van der Waals surface area contributed by atoms with Crippen LogP contribution in [0.2, 0.25) is 0 Å². The Balaban J connectivity index is 1.89. The highest BCUT2D eigenvalue weighted by molar-refractivity contribution is 5.98. The molecule has 0 bridgehead atoms. The molecule has 1 amide bonds. The van der Waals surface area contributed by atoms with Gasteiger partial charge in [0, 0.05) is 18.3 Å². The summed E-state index contributed by atoms with van der Waals surface area (Å²) in [4.78, 5) is 29.8. The van der Waals surface area contributed by atoms with Crippen LogP contribution in [0.5, 0.6) is 0 Å². The van der Waals surface area contributed by atoms with E-state index in [0.29, 0.717) is 18.5 Å². The molecule has 1 unspecified atom stereocenters. The minimum absolute atomic E-state index is 0.137. The summed E-state index contributed by atoms with van der Waals surface area (Å²) < 4.78 is 6.59. The Kier molecular flexibility index (Phi) is 3.14. The molecule has 3 rings (SSSR count). The molecule has 0 radical (unpaired) electrons. The van der Waals surface area contributed by atoms with Gasteiger partial charge in [0.2, 0.25) is 0 Å². The number of ether oxygens (including phenoxy) is 1. The van der Waals surface area contributed by atoms with E-state index >= 15 is 0 Å². The first-order chi connectivity index (χ1) is 9.70. The van der Waals surface area contributed by atoms with E-state index in [4.69, 9.17) is 4.74 Å². The molecule has 0 aromatic carbocycles. The van der Waals surface area contributed by atoms with Crippen LogP contribution >= 0.6 is 0 Å². The second-order valence-electron chi connectivity index (χ2n) is 4.82. The lowest BCUT2D eigenvalue weighted by Gasteiger charge is -2.22. The molecule has 1 aliphatic rings. The zero-order valence-electron chi connectivity index (χ0n) is 11.2. The third kappa shape index (κ3) is 2.03. The van der Waals surface area contributed by atoms with Crippen molar-refractivity contribution >= 4 is 17.4 Å². The van der Waals surface area contributed by atoms with E-state index in [-0.39, 0.29) is 11.9 Å². The minimum Gasteiger partial charge on any atom is -0.467 e. The minimum atomic E-state index is -0.464. The first kappa shape index (κ1) is 12.7. The Hall–Kier alpha value is -2.37. The van der Waals surface area contributed by atoms with Gasteiger partial charge in [0.1, 0.15) is 6.04 Å². The van der Waals surface area contributed by atoms with Crippen molar-refractivity contribution < 1.29 is 14.3 Å². The quantitative estimate of drug-likeness (QED) is 0.769. The van der Waals surface area contributed by atoms with Crippen molar-refractivity contribution in [1.82, 2.24) is 14.3 Å². The Morgan fingerprint density at radius 3 is 3.10 bits per heavy atom. The fourth-order valence-corrected chi connectivity index (χ4v) is 2.61. The van der Waals surface area contributed by atoms with Gasteiger partial charge in [-0.25, -0.2) is 9.78 Å². The highest BCUT2D eigenvalue weighted by atomic mass is 16.5. The van der Waals surface area contributed by atoms with Crippen LogP contribution in [0.15, 0.2) is 30.9 Å². The molecule has 6 heteroatoms. The van der Waals surface area contributed by atoms with Crippen LogP contribution in [0.4, 0.5) is 0 Å². The average molecular weight is 273 g/mol. The molecular weight excluding hydrogens is 258 g/mol. The van der Waals surface area contributed by atoms with Crippen LogP contribution in [-0.2, 0) is 9.53 Å². The Morgan fingerprint density at radius 1 is 1.45 bits per heavy atom. The lowest BCUT2D eigenvalue weighted by Crippen LogP contribution is -2.41. The fraction of sp³-hybridized carbons (Fsp3) is 0.357. The van der Waals surface area contributed by atoms with Gasteiger partial charge in [-0.1, -0.05) is 0 Å². The number of carbonyl (C=O) groups excluding carboxylic acids is 2. The molecule has 6 nitrogen and oxygen atoms in total. The van der Waals surface area contributed by atoms with E-state index < -0.39 is 6.04 Å². The molecule has 1 saturated heterocycles. The van der Waals surface area contributed by atoms with Gasteiger partial charge in [-0.3, -0.25) is 4.79 Å². The third-order valence-corrected chi connectivity index (χ3v) is 3.65. The number of rotatable bonds is 2. The monoisotopic (exact) mass is 273 g/mol. The summed E-state index contributed by atoms with van der Waals surface area (Å²) in [5.41, 5.74) is 1.42. The number of imidazole rings is 1. The molecule has 20 heavy (non-hydrogen) atoms. The molecule has 1 aliphatic heterocycles. The number of fused-ring (bicyclic) bond motifs is 1. The number of nitrogens with zero attached hydrogens (tertiary/aromatic N) is 3. The lowest BCUT2D eigenvalue weighted by molar-refractivity contribution is -0.145. The van der Waals surface area contributed by atoms with Crippen molar-refractivity contribution in [3.63, 3.8) is 0 Å². The van der Waals surface area contributed by atoms with Crippen molar-refractivity contribution in [2.45, 2.75) is 18.9 Å². The maximum absolute atomic E-state index is 12.5. The molecule has 0 N–H and O–H groups in total. The molecule has 1 atom stereocenters. The SMILES string of the molecule is COC(=O)C1CCCN1C(=O)c1ccn2cncc2c1. The van der Waals surface area contributed by atoms with E-state index in [1.165, 1.54) is 7.11 Å². The third-order valence-electron chi connectivity index (χ3n) is 3.65. The molecular formula is C14H15N3O3.